The third-order valence-corrected chi connectivity index (χ3v) is 2.44. The van der Waals surface area contributed by atoms with E-state index in [9.17, 15) is 4.79 Å². The van der Waals surface area contributed by atoms with Gasteiger partial charge in [0.25, 0.3) is 0 Å². The van der Waals surface area contributed by atoms with Gasteiger partial charge in [-0.05, 0) is 13.3 Å². The van der Waals surface area contributed by atoms with E-state index >= 15 is 0 Å². The van der Waals surface area contributed by atoms with Crippen LogP contribution in [-0.2, 0) is 0 Å². The molecule has 0 heterocycles. The van der Waals surface area contributed by atoms with Crippen molar-refractivity contribution in [3.63, 3.8) is 0 Å². The summed E-state index contributed by atoms with van der Waals surface area (Å²) >= 11 is 0. The summed E-state index contributed by atoms with van der Waals surface area (Å²) in [6.07, 6.45) is 6.29. The SMILES string of the molecule is C=CC(C)NC(=O)N[C@@H]1C=C[C@H](CO)C1. The van der Waals surface area contributed by atoms with Crippen LogP contribution in [0.3, 0.4) is 0 Å². The molecular weight excluding hydrogens is 192 g/mol. The molecule has 0 spiro atoms. The first kappa shape index (κ1) is 11.8. The normalized spacial score (nSPS) is 26.0. The summed E-state index contributed by atoms with van der Waals surface area (Å²) in [6.45, 7) is 5.57. The average Bonchev–Trinajstić information content (AvgIpc) is 2.65. The highest BCUT2D eigenvalue weighted by atomic mass is 16.3. The third kappa shape index (κ3) is 3.75. The molecule has 4 nitrogen and oxygen atoms in total. The van der Waals surface area contributed by atoms with Crippen molar-refractivity contribution >= 4 is 6.03 Å². The van der Waals surface area contributed by atoms with Crippen molar-refractivity contribution in [1.29, 1.82) is 0 Å². The van der Waals surface area contributed by atoms with Crippen LogP contribution in [0.2, 0.25) is 0 Å². The number of carbonyl (C=O) groups excluding carboxylic acids is 1. The summed E-state index contributed by atoms with van der Waals surface area (Å²) in [7, 11) is 0. The maximum atomic E-state index is 11.4. The number of aliphatic hydroxyl groups is 1. The van der Waals surface area contributed by atoms with Crippen LogP contribution in [0.15, 0.2) is 24.8 Å². The molecule has 15 heavy (non-hydrogen) atoms. The van der Waals surface area contributed by atoms with E-state index in [2.05, 4.69) is 17.2 Å². The Labute approximate surface area is 90.1 Å². The summed E-state index contributed by atoms with van der Waals surface area (Å²) in [5.74, 6) is 0.173. The second kappa shape index (κ2) is 5.56. The van der Waals surface area contributed by atoms with Gasteiger partial charge in [-0.15, -0.1) is 6.58 Å². The molecule has 0 aliphatic heterocycles. The summed E-state index contributed by atoms with van der Waals surface area (Å²) in [5, 5.41) is 14.4. The van der Waals surface area contributed by atoms with Gasteiger partial charge in [-0.1, -0.05) is 18.2 Å². The molecule has 1 unspecified atom stereocenters. The Morgan fingerprint density at radius 1 is 1.73 bits per heavy atom. The Kier molecular flexibility index (Phi) is 4.37. The van der Waals surface area contributed by atoms with E-state index in [0.29, 0.717) is 0 Å². The second-order valence-electron chi connectivity index (χ2n) is 3.81. The van der Waals surface area contributed by atoms with E-state index in [-0.39, 0.29) is 30.6 Å². The van der Waals surface area contributed by atoms with Gasteiger partial charge in [0.2, 0.25) is 0 Å². The molecule has 0 fully saturated rings. The largest absolute Gasteiger partial charge is 0.396 e. The van der Waals surface area contributed by atoms with E-state index in [4.69, 9.17) is 5.11 Å². The molecule has 1 aliphatic carbocycles. The van der Waals surface area contributed by atoms with Gasteiger partial charge in [0.15, 0.2) is 0 Å². The fourth-order valence-corrected chi connectivity index (χ4v) is 1.49. The minimum Gasteiger partial charge on any atom is -0.396 e. The Morgan fingerprint density at radius 3 is 3.00 bits per heavy atom. The first-order valence-corrected chi connectivity index (χ1v) is 5.14. The quantitative estimate of drug-likeness (QED) is 0.601. The summed E-state index contributed by atoms with van der Waals surface area (Å²) in [4.78, 5) is 11.4. The van der Waals surface area contributed by atoms with Crippen LogP contribution in [0.25, 0.3) is 0 Å². The van der Waals surface area contributed by atoms with Crippen molar-refractivity contribution in [2.75, 3.05) is 6.61 Å². The molecule has 4 heteroatoms. The van der Waals surface area contributed by atoms with E-state index in [1.807, 2.05) is 19.1 Å². The molecule has 0 aromatic carbocycles. The molecule has 0 aromatic heterocycles. The molecule has 3 atom stereocenters. The van der Waals surface area contributed by atoms with E-state index in [0.717, 1.165) is 6.42 Å². The summed E-state index contributed by atoms with van der Waals surface area (Å²) in [6, 6.07) is -0.209. The molecular formula is C11H18N2O2. The minimum absolute atomic E-state index is 0.0270. The van der Waals surface area contributed by atoms with Crippen LogP contribution >= 0.6 is 0 Å². The molecule has 3 N–H and O–H groups in total. The van der Waals surface area contributed by atoms with Crippen LogP contribution < -0.4 is 10.6 Å². The average molecular weight is 210 g/mol. The Hall–Kier alpha value is -1.29. The number of hydrogen-bond donors (Lipinski definition) is 3. The van der Waals surface area contributed by atoms with Gasteiger partial charge in [-0.25, -0.2) is 4.79 Å². The van der Waals surface area contributed by atoms with Gasteiger partial charge in [0, 0.05) is 24.6 Å². The lowest BCUT2D eigenvalue weighted by atomic mass is 10.1. The first-order chi connectivity index (χ1) is 7.15. The van der Waals surface area contributed by atoms with Gasteiger partial charge in [-0.3, -0.25) is 0 Å². The minimum atomic E-state index is -0.198. The summed E-state index contributed by atoms with van der Waals surface area (Å²) < 4.78 is 0. The number of carbonyl (C=O) groups is 1. The first-order valence-electron chi connectivity index (χ1n) is 5.14. The van der Waals surface area contributed by atoms with Crippen molar-refractivity contribution in [2.24, 2.45) is 5.92 Å². The van der Waals surface area contributed by atoms with Gasteiger partial charge >= 0.3 is 6.03 Å². The molecule has 0 radical (unpaired) electrons. The number of amides is 2. The maximum absolute atomic E-state index is 11.4. The molecule has 0 aromatic rings. The number of nitrogens with one attached hydrogen (secondary N) is 2. The molecule has 0 bridgehead atoms. The molecule has 0 saturated carbocycles. The number of urea groups is 1. The van der Waals surface area contributed by atoms with Crippen molar-refractivity contribution in [1.82, 2.24) is 10.6 Å². The number of rotatable bonds is 4. The van der Waals surface area contributed by atoms with Crippen molar-refractivity contribution in [3.05, 3.63) is 24.8 Å². The van der Waals surface area contributed by atoms with E-state index < -0.39 is 0 Å². The van der Waals surface area contributed by atoms with Crippen LogP contribution in [0.1, 0.15) is 13.3 Å². The highest BCUT2D eigenvalue weighted by Crippen LogP contribution is 2.16. The highest BCUT2D eigenvalue weighted by Gasteiger charge is 2.19. The fraction of sp³-hybridized carbons (Fsp3) is 0.545. The topological polar surface area (TPSA) is 61.4 Å². The molecule has 2 amide bonds. The number of hydrogen-bond acceptors (Lipinski definition) is 2. The maximum Gasteiger partial charge on any atom is 0.315 e. The monoisotopic (exact) mass is 210 g/mol. The lowest BCUT2D eigenvalue weighted by Gasteiger charge is -2.15. The van der Waals surface area contributed by atoms with E-state index in [1.165, 1.54) is 0 Å². The standard InChI is InChI=1S/C11H18N2O2/c1-3-8(2)12-11(15)13-10-5-4-9(6-10)7-14/h3-5,8-10,14H,1,6-7H2,2H3,(H2,12,13,15)/t8?,9-,10+/m0/s1. The van der Waals surface area contributed by atoms with Gasteiger partial charge in [-0.2, -0.15) is 0 Å². The van der Waals surface area contributed by atoms with Gasteiger partial charge in [0.1, 0.15) is 0 Å². The zero-order valence-electron chi connectivity index (χ0n) is 8.94. The molecule has 0 saturated heterocycles. The van der Waals surface area contributed by atoms with Gasteiger partial charge < -0.3 is 15.7 Å². The summed E-state index contributed by atoms with van der Waals surface area (Å²) in [5.41, 5.74) is 0. The van der Waals surface area contributed by atoms with Crippen LogP contribution in [0.4, 0.5) is 4.79 Å². The van der Waals surface area contributed by atoms with Crippen LogP contribution in [0.5, 0.6) is 0 Å². The van der Waals surface area contributed by atoms with E-state index in [1.54, 1.807) is 6.08 Å². The lowest BCUT2D eigenvalue weighted by molar-refractivity contribution is 0.230. The van der Waals surface area contributed by atoms with Crippen molar-refractivity contribution < 1.29 is 9.90 Å². The second-order valence-corrected chi connectivity index (χ2v) is 3.81. The fourth-order valence-electron chi connectivity index (χ4n) is 1.49. The van der Waals surface area contributed by atoms with Gasteiger partial charge in [0.05, 0.1) is 0 Å². The Balaban J connectivity index is 2.28. The van der Waals surface area contributed by atoms with Crippen molar-refractivity contribution in [2.45, 2.75) is 25.4 Å². The lowest BCUT2D eigenvalue weighted by Crippen LogP contribution is -2.43. The predicted octanol–water partition coefficient (Wildman–Crippen LogP) is 0.797. The zero-order valence-corrected chi connectivity index (χ0v) is 8.94. The smallest absolute Gasteiger partial charge is 0.315 e. The Bertz CT molecular complexity index is 263. The highest BCUT2D eigenvalue weighted by molar-refractivity contribution is 5.75. The Morgan fingerprint density at radius 2 is 2.47 bits per heavy atom. The molecule has 1 rings (SSSR count). The number of aliphatic hydroxyl groups excluding tert-OH is 1. The zero-order chi connectivity index (χ0) is 11.3. The van der Waals surface area contributed by atoms with Crippen LogP contribution in [-0.4, -0.2) is 29.8 Å². The molecule has 1 aliphatic rings. The predicted molar refractivity (Wildman–Crippen MR) is 59.4 cm³/mol. The molecule has 84 valence electrons. The third-order valence-electron chi connectivity index (χ3n) is 2.44. The van der Waals surface area contributed by atoms with Crippen LogP contribution in [0, 0.1) is 5.92 Å². The van der Waals surface area contributed by atoms with Crippen molar-refractivity contribution in [3.8, 4) is 0 Å².